The summed E-state index contributed by atoms with van der Waals surface area (Å²) >= 11 is 5.87. The predicted octanol–water partition coefficient (Wildman–Crippen LogP) is 4.74. The van der Waals surface area contributed by atoms with E-state index in [1.54, 1.807) is 0 Å². The van der Waals surface area contributed by atoms with Crippen LogP contribution in [0.5, 0.6) is 0 Å². The molecule has 3 rings (SSSR count). The molecule has 0 aromatic heterocycles. The lowest BCUT2D eigenvalue weighted by Gasteiger charge is -2.35. The van der Waals surface area contributed by atoms with Crippen molar-refractivity contribution in [1.29, 1.82) is 0 Å². The molecule has 1 aromatic rings. The zero-order chi connectivity index (χ0) is 21.1. The zero-order valence-electron chi connectivity index (χ0n) is 16.1. The van der Waals surface area contributed by atoms with Crippen LogP contribution in [0.3, 0.4) is 0 Å². The molecule has 1 amide bonds. The predicted molar refractivity (Wildman–Crippen MR) is 106 cm³/mol. The van der Waals surface area contributed by atoms with Gasteiger partial charge in [0.1, 0.15) is 5.82 Å². The van der Waals surface area contributed by atoms with Crippen LogP contribution < -0.4 is 4.90 Å². The number of anilines is 1. The second kappa shape index (κ2) is 8.95. The van der Waals surface area contributed by atoms with Gasteiger partial charge in [0, 0.05) is 22.6 Å². The van der Waals surface area contributed by atoms with Gasteiger partial charge in [-0.3, -0.25) is 14.5 Å². The quantitative estimate of drug-likeness (QED) is 0.668. The van der Waals surface area contributed by atoms with Gasteiger partial charge in [0.2, 0.25) is 0 Å². The SMILES string of the molecule is CC(=O)C1=C(CCOC(=O)O)C(=O)N(c2ccc(Cl)cc2F)[C@@H]1C1CCCCC1. The number of nitrogens with zero attached hydrogens (tertiary/aromatic N) is 1. The van der Waals surface area contributed by atoms with Gasteiger partial charge in [-0.1, -0.05) is 30.9 Å². The van der Waals surface area contributed by atoms with Gasteiger partial charge in [0.25, 0.3) is 5.91 Å². The number of carbonyl (C=O) groups excluding carboxylic acids is 2. The Morgan fingerprint density at radius 3 is 2.55 bits per heavy atom. The van der Waals surface area contributed by atoms with Crippen LogP contribution in [0.25, 0.3) is 0 Å². The smallest absolute Gasteiger partial charge is 0.450 e. The summed E-state index contributed by atoms with van der Waals surface area (Å²) < 4.78 is 19.3. The molecule has 0 spiro atoms. The minimum atomic E-state index is -1.45. The van der Waals surface area contributed by atoms with Crippen LogP contribution >= 0.6 is 11.6 Å². The summed E-state index contributed by atoms with van der Waals surface area (Å²) in [5, 5.41) is 8.92. The lowest BCUT2D eigenvalue weighted by Crippen LogP contribution is -2.43. The summed E-state index contributed by atoms with van der Waals surface area (Å²) in [5.41, 5.74) is 0.608. The fourth-order valence-corrected chi connectivity index (χ4v) is 4.59. The third kappa shape index (κ3) is 4.45. The highest BCUT2D eigenvalue weighted by Crippen LogP contribution is 2.42. The molecule has 0 saturated heterocycles. The molecule has 29 heavy (non-hydrogen) atoms. The van der Waals surface area contributed by atoms with Crippen LogP contribution in [0.15, 0.2) is 29.3 Å². The van der Waals surface area contributed by atoms with E-state index >= 15 is 0 Å². The molecule has 8 heteroatoms. The Bertz CT molecular complexity index is 863. The van der Waals surface area contributed by atoms with Gasteiger partial charge in [-0.2, -0.15) is 0 Å². The molecule has 156 valence electrons. The molecule has 1 saturated carbocycles. The molecule has 1 heterocycles. The number of carbonyl (C=O) groups is 3. The number of ether oxygens (including phenoxy) is 1. The van der Waals surface area contributed by atoms with Crippen molar-refractivity contribution in [3.8, 4) is 0 Å². The minimum absolute atomic E-state index is 0.0274. The molecule has 1 atom stereocenters. The number of ketones is 1. The first kappa shape index (κ1) is 21.3. The average molecular weight is 424 g/mol. The Labute approximate surface area is 173 Å². The number of benzene rings is 1. The minimum Gasteiger partial charge on any atom is -0.450 e. The van der Waals surface area contributed by atoms with E-state index < -0.39 is 23.9 Å². The first-order chi connectivity index (χ1) is 13.8. The monoisotopic (exact) mass is 423 g/mol. The molecule has 1 N–H and O–H groups in total. The largest absolute Gasteiger partial charge is 0.505 e. The van der Waals surface area contributed by atoms with Crippen LogP contribution in [0, 0.1) is 11.7 Å². The van der Waals surface area contributed by atoms with Gasteiger partial charge in [0.15, 0.2) is 5.78 Å². The van der Waals surface area contributed by atoms with Crippen molar-refractivity contribution in [2.75, 3.05) is 11.5 Å². The second-order valence-corrected chi connectivity index (χ2v) is 7.86. The lowest BCUT2D eigenvalue weighted by atomic mass is 9.79. The highest BCUT2D eigenvalue weighted by atomic mass is 35.5. The second-order valence-electron chi connectivity index (χ2n) is 7.43. The van der Waals surface area contributed by atoms with E-state index in [2.05, 4.69) is 4.74 Å². The van der Waals surface area contributed by atoms with E-state index in [0.717, 1.165) is 38.2 Å². The number of amides is 1. The highest BCUT2D eigenvalue weighted by Gasteiger charge is 2.46. The molecule has 0 bridgehead atoms. The molecule has 1 aliphatic heterocycles. The molecular weight excluding hydrogens is 401 g/mol. The summed E-state index contributed by atoms with van der Waals surface area (Å²) in [6, 6.07) is 3.52. The fraction of sp³-hybridized carbons (Fsp3) is 0.476. The Morgan fingerprint density at radius 2 is 1.97 bits per heavy atom. The van der Waals surface area contributed by atoms with E-state index in [0.29, 0.717) is 5.57 Å². The summed E-state index contributed by atoms with van der Waals surface area (Å²) in [6.07, 6.45) is 3.23. The van der Waals surface area contributed by atoms with E-state index in [4.69, 9.17) is 16.7 Å². The summed E-state index contributed by atoms with van der Waals surface area (Å²) in [7, 11) is 0. The number of Topliss-reactive ketones (excluding diaryl/α,β-unsaturated/α-hetero) is 1. The number of rotatable bonds is 6. The number of carboxylic acid groups (broad SMARTS) is 1. The molecule has 1 aliphatic carbocycles. The van der Waals surface area contributed by atoms with Gasteiger partial charge in [0.05, 0.1) is 18.3 Å². The summed E-state index contributed by atoms with van der Waals surface area (Å²) in [6.45, 7) is 1.14. The first-order valence-electron chi connectivity index (χ1n) is 9.69. The summed E-state index contributed by atoms with van der Waals surface area (Å²) in [4.78, 5) is 37.9. The van der Waals surface area contributed by atoms with Crippen LogP contribution in [-0.4, -0.2) is 35.6 Å². The summed E-state index contributed by atoms with van der Waals surface area (Å²) in [5.74, 6) is -1.37. The zero-order valence-corrected chi connectivity index (χ0v) is 16.9. The molecule has 1 fully saturated rings. The average Bonchev–Trinajstić information content (AvgIpc) is 2.95. The highest BCUT2D eigenvalue weighted by molar-refractivity contribution is 6.30. The Morgan fingerprint density at radius 1 is 1.28 bits per heavy atom. The lowest BCUT2D eigenvalue weighted by molar-refractivity contribution is -0.115. The Balaban J connectivity index is 2.05. The first-order valence-corrected chi connectivity index (χ1v) is 10.1. The number of hydrogen-bond donors (Lipinski definition) is 1. The molecule has 0 unspecified atom stereocenters. The topological polar surface area (TPSA) is 83.9 Å². The Hall–Kier alpha value is -2.41. The van der Waals surface area contributed by atoms with Gasteiger partial charge in [-0.25, -0.2) is 9.18 Å². The normalized spacial score (nSPS) is 20.3. The number of hydrogen-bond acceptors (Lipinski definition) is 4. The maximum absolute atomic E-state index is 14.7. The fourth-order valence-electron chi connectivity index (χ4n) is 4.43. The third-order valence-corrected chi connectivity index (χ3v) is 5.83. The molecule has 0 radical (unpaired) electrons. The Kier molecular flexibility index (Phi) is 6.57. The van der Waals surface area contributed by atoms with Crippen molar-refractivity contribution in [2.24, 2.45) is 5.92 Å². The van der Waals surface area contributed by atoms with E-state index in [1.165, 1.54) is 24.0 Å². The van der Waals surface area contributed by atoms with Crippen molar-refractivity contribution in [1.82, 2.24) is 0 Å². The van der Waals surface area contributed by atoms with Crippen molar-refractivity contribution in [3.05, 3.63) is 40.2 Å². The standard InChI is InChI=1S/C21H23ClFNO5/c1-12(25)18-15(9-10-29-21(27)28)20(26)24(17-8-7-14(22)11-16(17)23)19(18)13-5-3-2-4-6-13/h7-8,11,13,19H,2-6,9-10H2,1H3,(H,27,28)/t19-/m1/s1. The van der Waals surface area contributed by atoms with Crippen LogP contribution in [0.2, 0.25) is 5.02 Å². The molecule has 1 aromatic carbocycles. The van der Waals surface area contributed by atoms with E-state index in [-0.39, 0.29) is 41.0 Å². The van der Waals surface area contributed by atoms with Gasteiger partial charge < -0.3 is 9.84 Å². The van der Waals surface area contributed by atoms with Crippen LogP contribution in [-0.2, 0) is 14.3 Å². The number of halogens is 2. The van der Waals surface area contributed by atoms with Crippen molar-refractivity contribution < 1.29 is 28.6 Å². The van der Waals surface area contributed by atoms with Crippen LogP contribution in [0.1, 0.15) is 45.4 Å². The van der Waals surface area contributed by atoms with Gasteiger partial charge in [-0.15, -0.1) is 0 Å². The van der Waals surface area contributed by atoms with Gasteiger partial charge in [-0.05, 0) is 43.9 Å². The van der Waals surface area contributed by atoms with Gasteiger partial charge >= 0.3 is 6.16 Å². The molecule has 2 aliphatic rings. The van der Waals surface area contributed by atoms with Crippen LogP contribution in [0.4, 0.5) is 14.9 Å². The molecular formula is C21H23ClFNO5. The van der Waals surface area contributed by atoms with E-state index in [1.807, 2.05) is 0 Å². The third-order valence-electron chi connectivity index (χ3n) is 5.60. The van der Waals surface area contributed by atoms with E-state index in [9.17, 15) is 18.8 Å². The maximum atomic E-state index is 14.7. The van der Waals surface area contributed by atoms with Crippen molar-refractivity contribution in [3.63, 3.8) is 0 Å². The molecule has 6 nitrogen and oxygen atoms in total. The maximum Gasteiger partial charge on any atom is 0.505 e. The van der Waals surface area contributed by atoms with Crippen molar-refractivity contribution in [2.45, 2.75) is 51.5 Å². The van der Waals surface area contributed by atoms with Crippen molar-refractivity contribution >= 4 is 35.1 Å².